The van der Waals surface area contributed by atoms with Crippen LogP contribution in [0.2, 0.25) is 0 Å². The lowest BCUT2D eigenvalue weighted by atomic mass is 9.70. The SMILES string of the molecule is Cn1cc(NCC2(C)CCC2)cn1. The number of hydrogen-bond acceptors (Lipinski definition) is 2. The lowest BCUT2D eigenvalue weighted by molar-refractivity contribution is 0.180. The van der Waals surface area contributed by atoms with Gasteiger partial charge in [0.1, 0.15) is 0 Å². The second-order valence-corrected chi connectivity index (χ2v) is 4.42. The van der Waals surface area contributed by atoms with E-state index in [0.717, 1.165) is 12.2 Å². The molecule has 0 saturated heterocycles. The molecular weight excluding hydrogens is 162 g/mol. The van der Waals surface area contributed by atoms with Gasteiger partial charge < -0.3 is 5.32 Å². The third-order valence-electron chi connectivity index (χ3n) is 2.98. The van der Waals surface area contributed by atoms with Gasteiger partial charge in [0.05, 0.1) is 11.9 Å². The first-order valence-electron chi connectivity index (χ1n) is 4.91. The number of rotatable bonds is 3. The van der Waals surface area contributed by atoms with Crippen LogP contribution in [0.1, 0.15) is 26.2 Å². The fourth-order valence-corrected chi connectivity index (χ4v) is 1.79. The number of anilines is 1. The summed E-state index contributed by atoms with van der Waals surface area (Å²) in [5, 5.41) is 7.54. The van der Waals surface area contributed by atoms with Gasteiger partial charge in [0.15, 0.2) is 0 Å². The minimum absolute atomic E-state index is 0.538. The van der Waals surface area contributed by atoms with E-state index in [2.05, 4.69) is 17.3 Å². The van der Waals surface area contributed by atoms with Crippen LogP contribution in [-0.2, 0) is 7.05 Å². The van der Waals surface area contributed by atoms with Gasteiger partial charge in [-0.3, -0.25) is 4.68 Å². The molecule has 0 spiro atoms. The summed E-state index contributed by atoms with van der Waals surface area (Å²) in [6.45, 7) is 3.43. The molecule has 1 fully saturated rings. The first-order chi connectivity index (χ1) is 6.18. The lowest BCUT2D eigenvalue weighted by Crippen LogP contribution is -2.33. The van der Waals surface area contributed by atoms with E-state index in [1.807, 2.05) is 24.1 Å². The molecule has 3 heteroatoms. The van der Waals surface area contributed by atoms with E-state index in [1.165, 1.54) is 19.3 Å². The maximum absolute atomic E-state index is 4.12. The van der Waals surface area contributed by atoms with Crippen molar-refractivity contribution in [3.05, 3.63) is 12.4 Å². The molecule has 0 aromatic carbocycles. The van der Waals surface area contributed by atoms with E-state index in [1.54, 1.807) is 0 Å². The van der Waals surface area contributed by atoms with Crippen molar-refractivity contribution in [1.29, 1.82) is 0 Å². The molecular formula is C10H17N3. The molecule has 3 nitrogen and oxygen atoms in total. The summed E-state index contributed by atoms with van der Waals surface area (Å²) in [6, 6.07) is 0. The molecule has 0 bridgehead atoms. The van der Waals surface area contributed by atoms with Gasteiger partial charge in [-0.05, 0) is 18.3 Å². The largest absolute Gasteiger partial charge is 0.382 e. The van der Waals surface area contributed by atoms with Gasteiger partial charge >= 0.3 is 0 Å². The normalized spacial score (nSPS) is 19.5. The molecule has 0 unspecified atom stereocenters. The maximum Gasteiger partial charge on any atom is 0.0726 e. The standard InChI is InChI=1S/C10H17N3/c1-10(4-3-5-10)8-11-9-6-12-13(2)7-9/h6-7,11H,3-5,8H2,1-2H3. The Kier molecular flexibility index (Phi) is 2.02. The Hall–Kier alpha value is -0.990. The van der Waals surface area contributed by atoms with Crippen LogP contribution in [-0.4, -0.2) is 16.3 Å². The molecule has 0 radical (unpaired) electrons. The van der Waals surface area contributed by atoms with Crippen molar-refractivity contribution in [2.24, 2.45) is 12.5 Å². The second kappa shape index (κ2) is 3.05. The Morgan fingerprint density at radius 1 is 1.62 bits per heavy atom. The molecule has 2 rings (SSSR count). The number of aromatic nitrogens is 2. The van der Waals surface area contributed by atoms with Crippen LogP contribution >= 0.6 is 0 Å². The molecule has 1 aromatic rings. The van der Waals surface area contributed by atoms with Gasteiger partial charge in [-0.2, -0.15) is 5.10 Å². The fraction of sp³-hybridized carbons (Fsp3) is 0.700. The number of hydrogen-bond donors (Lipinski definition) is 1. The van der Waals surface area contributed by atoms with E-state index >= 15 is 0 Å². The molecule has 1 aromatic heterocycles. The van der Waals surface area contributed by atoms with Crippen molar-refractivity contribution < 1.29 is 0 Å². The van der Waals surface area contributed by atoms with Gasteiger partial charge in [0, 0.05) is 19.8 Å². The Labute approximate surface area is 79.1 Å². The van der Waals surface area contributed by atoms with Crippen LogP contribution in [0.3, 0.4) is 0 Å². The fourth-order valence-electron chi connectivity index (χ4n) is 1.79. The summed E-state index contributed by atoms with van der Waals surface area (Å²) in [5.41, 5.74) is 1.67. The Bertz CT molecular complexity index is 286. The third kappa shape index (κ3) is 1.85. The predicted octanol–water partition coefficient (Wildman–Crippen LogP) is 2.02. The number of nitrogens with one attached hydrogen (secondary N) is 1. The highest BCUT2D eigenvalue weighted by molar-refractivity contribution is 5.38. The zero-order chi connectivity index (χ0) is 9.31. The topological polar surface area (TPSA) is 29.9 Å². The van der Waals surface area contributed by atoms with Gasteiger partial charge in [0.2, 0.25) is 0 Å². The van der Waals surface area contributed by atoms with Crippen LogP contribution < -0.4 is 5.32 Å². The molecule has 0 amide bonds. The minimum atomic E-state index is 0.538. The van der Waals surface area contributed by atoms with Gasteiger partial charge in [-0.25, -0.2) is 0 Å². The summed E-state index contributed by atoms with van der Waals surface area (Å²) in [4.78, 5) is 0. The van der Waals surface area contributed by atoms with Crippen LogP contribution in [0.15, 0.2) is 12.4 Å². The van der Waals surface area contributed by atoms with Gasteiger partial charge in [-0.1, -0.05) is 13.3 Å². The summed E-state index contributed by atoms with van der Waals surface area (Å²) in [6.07, 6.45) is 8.01. The zero-order valence-corrected chi connectivity index (χ0v) is 8.38. The van der Waals surface area contributed by atoms with Crippen molar-refractivity contribution in [3.63, 3.8) is 0 Å². The summed E-state index contributed by atoms with van der Waals surface area (Å²) >= 11 is 0. The van der Waals surface area contributed by atoms with Crippen LogP contribution in [0.25, 0.3) is 0 Å². The van der Waals surface area contributed by atoms with Crippen molar-refractivity contribution in [1.82, 2.24) is 9.78 Å². The predicted molar refractivity (Wildman–Crippen MR) is 53.7 cm³/mol. The summed E-state index contributed by atoms with van der Waals surface area (Å²) in [7, 11) is 1.94. The van der Waals surface area contributed by atoms with Crippen LogP contribution in [0.5, 0.6) is 0 Å². The Morgan fingerprint density at radius 3 is 2.85 bits per heavy atom. The number of aryl methyl sites for hydroxylation is 1. The monoisotopic (exact) mass is 179 g/mol. The molecule has 1 saturated carbocycles. The quantitative estimate of drug-likeness (QED) is 0.769. The highest BCUT2D eigenvalue weighted by Gasteiger charge is 2.31. The molecule has 0 atom stereocenters. The number of nitrogens with zero attached hydrogens (tertiary/aromatic N) is 2. The van der Waals surface area contributed by atoms with Gasteiger partial charge in [0.25, 0.3) is 0 Å². The molecule has 0 aliphatic heterocycles. The average molecular weight is 179 g/mol. The van der Waals surface area contributed by atoms with Crippen molar-refractivity contribution in [2.75, 3.05) is 11.9 Å². The van der Waals surface area contributed by atoms with E-state index in [9.17, 15) is 0 Å². The van der Waals surface area contributed by atoms with Crippen LogP contribution in [0.4, 0.5) is 5.69 Å². The third-order valence-corrected chi connectivity index (χ3v) is 2.98. The van der Waals surface area contributed by atoms with E-state index < -0.39 is 0 Å². The average Bonchev–Trinajstić information content (AvgIpc) is 2.44. The zero-order valence-electron chi connectivity index (χ0n) is 8.38. The smallest absolute Gasteiger partial charge is 0.0726 e. The molecule has 72 valence electrons. The first kappa shape index (κ1) is 8.60. The van der Waals surface area contributed by atoms with Crippen LogP contribution in [0, 0.1) is 5.41 Å². The van der Waals surface area contributed by atoms with E-state index in [4.69, 9.17) is 0 Å². The van der Waals surface area contributed by atoms with E-state index in [0.29, 0.717) is 5.41 Å². The first-order valence-corrected chi connectivity index (χ1v) is 4.91. The molecule has 1 heterocycles. The van der Waals surface area contributed by atoms with Crippen molar-refractivity contribution in [3.8, 4) is 0 Å². The van der Waals surface area contributed by atoms with Crippen molar-refractivity contribution >= 4 is 5.69 Å². The van der Waals surface area contributed by atoms with Gasteiger partial charge in [-0.15, -0.1) is 0 Å². The molecule has 1 aliphatic rings. The minimum Gasteiger partial charge on any atom is -0.382 e. The Balaban J connectivity index is 1.85. The second-order valence-electron chi connectivity index (χ2n) is 4.42. The summed E-state index contributed by atoms with van der Waals surface area (Å²) < 4.78 is 1.82. The molecule has 1 N–H and O–H groups in total. The summed E-state index contributed by atoms with van der Waals surface area (Å²) in [5.74, 6) is 0. The Morgan fingerprint density at radius 2 is 2.38 bits per heavy atom. The van der Waals surface area contributed by atoms with E-state index in [-0.39, 0.29) is 0 Å². The lowest BCUT2D eigenvalue weighted by Gasteiger charge is -2.38. The molecule has 13 heavy (non-hydrogen) atoms. The maximum atomic E-state index is 4.12. The van der Waals surface area contributed by atoms with Crippen molar-refractivity contribution in [2.45, 2.75) is 26.2 Å². The molecule has 1 aliphatic carbocycles. The highest BCUT2D eigenvalue weighted by atomic mass is 15.3. The highest BCUT2D eigenvalue weighted by Crippen LogP contribution is 2.40.